The molecule has 6 nitrogen and oxygen atoms in total. The van der Waals surface area contributed by atoms with Gasteiger partial charge in [-0.3, -0.25) is 10.1 Å². The van der Waals surface area contributed by atoms with Gasteiger partial charge in [-0.15, -0.1) is 0 Å². The first kappa shape index (κ1) is 14.7. The fraction of sp³-hybridized carbons (Fsp3) is 0.267. The van der Waals surface area contributed by atoms with Crippen LogP contribution in [0, 0.1) is 10.1 Å². The van der Waals surface area contributed by atoms with Crippen molar-refractivity contribution >= 4 is 22.9 Å². The summed E-state index contributed by atoms with van der Waals surface area (Å²) in [6, 6.07) is 9.89. The Morgan fingerprint density at radius 1 is 1.14 bits per heavy atom. The second kappa shape index (κ2) is 6.25. The molecule has 2 heterocycles. The van der Waals surface area contributed by atoms with Crippen molar-refractivity contribution in [2.75, 3.05) is 26.3 Å². The van der Waals surface area contributed by atoms with Crippen LogP contribution in [0.1, 0.15) is 5.76 Å². The second-order valence-electron chi connectivity index (χ2n) is 4.87. The van der Waals surface area contributed by atoms with E-state index in [-0.39, 0.29) is 5.69 Å². The molecular weight excluding hydrogens is 304 g/mol. The van der Waals surface area contributed by atoms with E-state index in [9.17, 15) is 10.1 Å². The molecule has 2 aromatic rings. The first-order valence-corrected chi connectivity index (χ1v) is 7.27. The zero-order chi connectivity index (χ0) is 15.5. The molecule has 0 bridgehead atoms. The highest BCUT2D eigenvalue weighted by molar-refractivity contribution is 7.80. The molecule has 0 spiro atoms. The van der Waals surface area contributed by atoms with Gasteiger partial charge in [0.15, 0.2) is 5.76 Å². The molecule has 0 radical (unpaired) electrons. The number of ether oxygens (including phenoxy) is 1. The number of morpholine rings is 1. The minimum atomic E-state index is -0.426. The highest BCUT2D eigenvalue weighted by Crippen LogP contribution is 2.25. The molecule has 3 rings (SSSR count). The zero-order valence-corrected chi connectivity index (χ0v) is 12.5. The van der Waals surface area contributed by atoms with Crippen LogP contribution in [0.5, 0.6) is 0 Å². The summed E-state index contributed by atoms with van der Waals surface area (Å²) in [5.74, 6) is 1.27. The standard InChI is InChI=1S/C15H14N2O4S/c18-17(19)12-3-1-11(2-4-12)13-5-6-14(21-13)15(22)16-7-9-20-10-8-16/h1-6H,7-10H2. The number of benzene rings is 1. The van der Waals surface area contributed by atoms with E-state index in [0.717, 1.165) is 18.7 Å². The Balaban J connectivity index is 1.78. The van der Waals surface area contributed by atoms with Gasteiger partial charge in [0.1, 0.15) is 10.7 Å². The molecule has 1 aromatic heterocycles. The minimum Gasteiger partial charge on any atom is -0.454 e. The molecule has 0 N–H and O–H groups in total. The van der Waals surface area contributed by atoms with Gasteiger partial charge < -0.3 is 14.1 Å². The molecule has 1 aromatic carbocycles. The van der Waals surface area contributed by atoms with Crippen molar-refractivity contribution in [3.05, 3.63) is 52.3 Å². The molecule has 1 saturated heterocycles. The van der Waals surface area contributed by atoms with Gasteiger partial charge in [-0.25, -0.2) is 0 Å². The van der Waals surface area contributed by atoms with Crippen LogP contribution in [-0.4, -0.2) is 41.1 Å². The second-order valence-corrected chi connectivity index (χ2v) is 5.26. The van der Waals surface area contributed by atoms with E-state index in [1.54, 1.807) is 12.1 Å². The van der Waals surface area contributed by atoms with Gasteiger partial charge in [0, 0.05) is 30.8 Å². The van der Waals surface area contributed by atoms with E-state index in [0.29, 0.717) is 29.7 Å². The molecule has 114 valence electrons. The van der Waals surface area contributed by atoms with Gasteiger partial charge in [0.2, 0.25) is 0 Å². The zero-order valence-electron chi connectivity index (χ0n) is 11.7. The largest absolute Gasteiger partial charge is 0.454 e. The van der Waals surface area contributed by atoms with Crippen molar-refractivity contribution in [3.8, 4) is 11.3 Å². The summed E-state index contributed by atoms with van der Waals surface area (Å²) in [4.78, 5) is 13.0. The Bertz CT molecular complexity index is 690. The van der Waals surface area contributed by atoms with Crippen LogP contribution < -0.4 is 0 Å². The lowest BCUT2D eigenvalue weighted by atomic mass is 10.1. The Morgan fingerprint density at radius 3 is 2.45 bits per heavy atom. The van der Waals surface area contributed by atoms with Gasteiger partial charge in [-0.05, 0) is 24.3 Å². The lowest BCUT2D eigenvalue weighted by Crippen LogP contribution is -2.40. The van der Waals surface area contributed by atoms with Gasteiger partial charge in [-0.2, -0.15) is 0 Å². The SMILES string of the molecule is O=[N+]([O-])c1ccc(-c2ccc(C(=S)N3CCOCC3)o2)cc1. The van der Waals surface area contributed by atoms with E-state index >= 15 is 0 Å². The third kappa shape index (κ3) is 3.00. The summed E-state index contributed by atoms with van der Waals surface area (Å²) in [7, 11) is 0. The number of non-ortho nitro benzene ring substituents is 1. The van der Waals surface area contributed by atoms with E-state index in [4.69, 9.17) is 21.4 Å². The third-order valence-corrected chi connectivity index (χ3v) is 3.94. The lowest BCUT2D eigenvalue weighted by Gasteiger charge is -2.28. The Labute approximate surface area is 132 Å². The topological polar surface area (TPSA) is 68.8 Å². The summed E-state index contributed by atoms with van der Waals surface area (Å²) in [6.07, 6.45) is 0. The first-order valence-electron chi connectivity index (χ1n) is 6.87. The minimum absolute atomic E-state index is 0.0550. The van der Waals surface area contributed by atoms with Crippen molar-refractivity contribution in [2.24, 2.45) is 0 Å². The van der Waals surface area contributed by atoms with Crippen molar-refractivity contribution in [2.45, 2.75) is 0 Å². The van der Waals surface area contributed by atoms with Crippen LogP contribution in [0.25, 0.3) is 11.3 Å². The van der Waals surface area contributed by atoms with Gasteiger partial charge in [-0.1, -0.05) is 12.2 Å². The predicted octanol–water partition coefficient (Wildman–Crippen LogP) is 2.86. The highest BCUT2D eigenvalue weighted by Gasteiger charge is 2.18. The van der Waals surface area contributed by atoms with E-state index in [2.05, 4.69) is 4.90 Å². The Kier molecular flexibility index (Phi) is 4.17. The molecule has 0 unspecified atom stereocenters. The number of furan rings is 1. The van der Waals surface area contributed by atoms with Crippen molar-refractivity contribution in [1.29, 1.82) is 0 Å². The van der Waals surface area contributed by atoms with Crippen LogP contribution in [0.3, 0.4) is 0 Å². The molecule has 0 saturated carbocycles. The van der Waals surface area contributed by atoms with Crippen LogP contribution in [0.4, 0.5) is 5.69 Å². The van der Waals surface area contributed by atoms with Gasteiger partial charge in [0.25, 0.3) is 5.69 Å². The van der Waals surface area contributed by atoms with Crippen LogP contribution >= 0.6 is 12.2 Å². The Morgan fingerprint density at radius 2 is 1.82 bits per heavy atom. The van der Waals surface area contributed by atoms with E-state index < -0.39 is 4.92 Å². The molecular formula is C15H14N2O4S. The number of thiocarbonyl (C=S) groups is 1. The molecule has 0 aliphatic carbocycles. The molecule has 0 amide bonds. The molecule has 1 aliphatic heterocycles. The fourth-order valence-electron chi connectivity index (χ4n) is 2.28. The van der Waals surface area contributed by atoms with Crippen LogP contribution in [-0.2, 0) is 4.74 Å². The molecule has 1 fully saturated rings. The maximum atomic E-state index is 10.7. The average Bonchev–Trinajstić information content (AvgIpc) is 3.05. The average molecular weight is 318 g/mol. The smallest absolute Gasteiger partial charge is 0.269 e. The van der Waals surface area contributed by atoms with E-state index in [1.807, 2.05) is 12.1 Å². The van der Waals surface area contributed by atoms with Gasteiger partial charge >= 0.3 is 0 Å². The van der Waals surface area contributed by atoms with Crippen molar-refractivity contribution in [3.63, 3.8) is 0 Å². The number of hydrogen-bond acceptors (Lipinski definition) is 5. The fourth-order valence-corrected chi connectivity index (χ4v) is 2.57. The number of nitro groups is 1. The summed E-state index contributed by atoms with van der Waals surface area (Å²) in [6.45, 7) is 2.84. The van der Waals surface area contributed by atoms with Crippen LogP contribution in [0.15, 0.2) is 40.8 Å². The molecule has 0 atom stereocenters. The summed E-state index contributed by atoms with van der Waals surface area (Å²) < 4.78 is 11.1. The number of nitrogens with zero attached hydrogens (tertiary/aromatic N) is 2. The van der Waals surface area contributed by atoms with Crippen LogP contribution in [0.2, 0.25) is 0 Å². The summed E-state index contributed by atoms with van der Waals surface area (Å²) in [5, 5.41) is 10.7. The predicted molar refractivity (Wildman–Crippen MR) is 84.9 cm³/mol. The highest BCUT2D eigenvalue weighted by atomic mass is 32.1. The van der Waals surface area contributed by atoms with Crippen molar-refractivity contribution < 1.29 is 14.1 Å². The normalized spacial score (nSPS) is 14.8. The van der Waals surface area contributed by atoms with Crippen molar-refractivity contribution in [1.82, 2.24) is 4.90 Å². The monoisotopic (exact) mass is 318 g/mol. The van der Waals surface area contributed by atoms with E-state index in [1.165, 1.54) is 12.1 Å². The number of hydrogen-bond donors (Lipinski definition) is 0. The summed E-state index contributed by atoms with van der Waals surface area (Å²) in [5.41, 5.74) is 0.834. The molecule has 22 heavy (non-hydrogen) atoms. The lowest BCUT2D eigenvalue weighted by molar-refractivity contribution is -0.384. The number of nitro benzene ring substituents is 1. The maximum Gasteiger partial charge on any atom is 0.269 e. The maximum absolute atomic E-state index is 10.7. The first-order chi connectivity index (χ1) is 10.6. The third-order valence-electron chi connectivity index (χ3n) is 3.48. The molecule has 7 heteroatoms. The quantitative estimate of drug-likeness (QED) is 0.492. The number of rotatable bonds is 3. The Hall–Kier alpha value is -2.25. The van der Waals surface area contributed by atoms with Gasteiger partial charge in [0.05, 0.1) is 18.1 Å². The summed E-state index contributed by atoms with van der Waals surface area (Å²) >= 11 is 5.45. The molecule has 1 aliphatic rings.